The van der Waals surface area contributed by atoms with E-state index in [4.69, 9.17) is 9.47 Å². The molecular formula is C53H68F4N14O6. The molecule has 10 rings (SSSR count). The van der Waals surface area contributed by atoms with E-state index >= 15 is 0 Å². The van der Waals surface area contributed by atoms with E-state index in [1.54, 1.807) is 46.2 Å². The highest BCUT2D eigenvalue weighted by Crippen LogP contribution is 2.42. The van der Waals surface area contributed by atoms with Crippen LogP contribution in [0.25, 0.3) is 0 Å². The van der Waals surface area contributed by atoms with Gasteiger partial charge in [-0.05, 0) is 75.9 Å². The van der Waals surface area contributed by atoms with Crippen molar-refractivity contribution in [2.45, 2.75) is 120 Å². The number of methoxy groups -OCH3 is 2. The highest BCUT2D eigenvalue weighted by molar-refractivity contribution is 6.03. The van der Waals surface area contributed by atoms with Crippen LogP contribution in [0.5, 0.6) is 11.5 Å². The lowest BCUT2D eigenvalue weighted by Crippen LogP contribution is -2.61. The van der Waals surface area contributed by atoms with Gasteiger partial charge in [0, 0.05) is 69.5 Å². The van der Waals surface area contributed by atoms with Gasteiger partial charge in [-0.2, -0.15) is 27.5 Å². The Kier molecular flexibility index (Phi) is 16.2. The maximum absolute atomic E-state index is 14.9. The summed E-state index contributed by atoms with van der Waals surface area (Å²) in [5, 5.41) is 15.3. The number of nitrogens with one attached hydrogen (secondary N) is 5. The second-order valence-corrected chi connectivity index (χ2v) is 20.9. The van der Waals surface area contributed by atoms with Crippen LogP contribution in [-0.2, 0) is 9.59 Å². The zero-order chi connectivity index (χ0) is 54.8. The largest absolute Gasteiger partial charge is 0.495 e. The average molecular weight is 1070 g/mol. The fourth-order valence-corrected chi connectivity index (χ4v) is 10.6. The summed E-state index contributed by atoms with van der Waals surface area (Å²) >= 11 is 0. The number of ether oxygens (including phenoxy) is 2. The minimum absolute atomic E-state index is 0.105. The molecule has 6 aliphatic rings. The van der Waals surface area contributed by atoms with Gasteiger partial charge in [-0.15, -0.1) is 0 Å². The topological polar surface area (TPSA) is 215 Å². The molecule has 0 unspecified atom stereocenters. The van der Waals surface area contributed by atoms with Gasteiger partial charge in [0.05, 0.1) is 63.2 Å². The maximum atomic E-state index is 14.9. The fraction of sp³-hybridized carbons (Fsp3) is 0.547. The molecule has 4 aromatic rings. The molecule has 24 heteroatoms. The Labute approximate surface area is 445 Å². The van der Waals surface area contributed by atoms with Crippen LogP contribution < -0.4 is 55.7 Å². The molecule has 2 saturated heterocycles. The molecule has 0 atom stereocenters. The number of aromatic nitrogens is 4. The van der Waals surface area contributed by atoms with Crippen LogP contribution in [0.15, 0.2) is 48.8 Å². The average Bonchev–Trinajstić information content (AvgIpc) is 3.53. The third kappa shape index (κ3) is 11.9. The van der Waals surface area contributed by atoms with Crippen LogP contribution in [0, 0.1) is 0 Å². The predicted octanol–water partition coefficient (Wildman–Crippen LogP) is 6.48. The van der Waals surface area contributed by atoms with Crippen molar-refractivity contribution in [3.63, 3.8) is 0 Å². The van der Waals surface area contributed by atoms with Crippen LogP contribution in [0.3, 0.4) is 0 Å². The van der Waals surface area contributed by atoms with Gasteiger partial charge >= 0.3 is 11.8 Å². The predicted molar refractivity (Wildman–Crippen MR) is 284 cm³/mol. The fourth-order valence-electron chi connectivity index (χ4n) is 10.6. The highest BCUT2D eigenvalue weighted by Gasteiger charge is 2.50. The van der Waals surface area contributed by atoms with Gasteiger partial charge in [-0.1, -0.05) is 38.5 Å². The monoisotopic (exact) mass is 1070 g/mol. The third-order valence-electron chi connectivity index (χ3n) is 15.3. The third-order valence-corrected chi connectivity index (χ3v) is 15.3. The van der Waals surface area contributed by atoms with Gasteiger partial charge in [0.15, 0.2) is 11.6 Å². The van der Waals surface area contributed by atoms with Gasteiger partial charge in [0.25, 0.3) is 23.6 Å². The normalized spacial score (nSPS) is 20.1. The summed E-state index contributed by atoms with van der Waals surface area (Å²) in [5.41, 5.74) is 2.41. The van der Waals surface area contributed by atoms with E-state index < -0.39 is 36.7 Å². The summed E-state index contributed by atoms with van der Waals surface area (Å²) in [5.74, 6) is -8.29. The summed E-state index contributed by atoms with van der Waals surface area (Å²) in [4.78, 5) is 75.6. The number of carbonyl (C=O) groups is 4. The number of hydrogen-bond donors (Lipinski definition) is 5. The van der Waals surface area contributed by atoms with Gasteiger partial charge in [-0.25, -0.2) is 9.97 Å². The van der Waals surface area contributed by atoms with Gasteiger partial charge in [-0.3, -0.25) is 24.1 Å². The number of anilines is 8. The first-order valence-electron chi connectivity index (χ1n) is 26.4. The molecule has 4 aliphatic heterocycles. The molecule has 2 aromatic carbocycles. The van der Waals surface area contributed by atoms with E-state index in [9.17, 15) is 36.7 Å². The molecule has 2 aromatic heterocycles. The molecule has 2 aliphatic carbocycles. The van der Waals surface area contributed by atoms with E-state index in [0.29, 0.717) is 51.7 Å². The molecule has 2 saturated carbocycles. The molecule has 0 bridgehead atoms. The Morgan fingerprint density at radius 1 is 0.649 bits per heavy atom. The molecule has 5 N–H and O–H groups in total. The van der Waals surface area contributed by atoms with Crippen LogP contribution >= 0.6 is 0 Å². The zero-order valence-corrected chi connectivity index (χ0v) is 44.3. The van der Waals surface area contributed by atoms with E-state index in [1.165, 1.54) is 40.7 Å². The number of rotatable bonds is 13. The maximum Gasteiger partial charge on any atom is 0.342 e. The lowest BCUT2D eigenvalue weighted by molar-refractivity contribution is -0.141. The molecule has 6 heterocycles. The van der Waals surface area contributed by atoms with Gasteiger partial charge in [0.2, 0.25) is 11.9 Å². The SMILES string of the molecule is COc1cc(C(=O)NC2CN(C(C)C)C2)ccc1Nc1ncc2c(n1)N(C1CCCCC1)CC(F)(F)C(=O)N2C.COc1cc(C(=O)NC2CNC2)ccc1Nc1ncc2c(n1)N(C1CCCCC1)CC(F)(F)C(=O)N2C. The minimum Gasteiger partial charge on any atom is -0.495 e. The molecular weight excluding hydrogens is 1000 g/mol. The van der Waals surface area contributed by atoms with Crippen molar-refractivity contribution in [3.8, 4) is 11.5 Å². The van der Waals surface area contributed by atoms with Crippen LogP contribution in [0.4, 0.5) is 63.8 Å². The van der Waals surface area contributed by atoms with Gasteiger partial charge < -0.3 is 55.7 Å². The van der Waals surface area contributed by atoms with Crippen LogP contribution in [0.2, 0.25) is 0 Å². The van der Waals surface area contributed by atoms with Crippen molar-refractivity contribution in [3.05, 3.63) is 59.9 Å². The molecule has 0 spiro atoms. The van der Waals surface area contributed by atoms with Crippen LogP contribution in [-0.4, -0.2) is 158 Å². The number of hydrogen-bond acceptors (Lipinski definition) is 16. The van der Waals surface area contributed by atoms with Crippen molar-refractivity contribution in [2.24, 2.45) is 0 Å². The summed E-state index contributed by atoms with van der Waals surface area (Å²) in [6.07, 6.45) is 11.7. The van der Waals surface area contributed by atoms with Crippen molar-refractivity contribution in [2.75, 3.05) is 97.8 Å². The number of nitrogens with zero attached hydrogens (tertiary/aromatic N) is 9. The summed E-state index contributed by atoms with van der Waals surface area (Å²) in [7, 11) is 5.64. The lowest BCUT2D eigenvalue weighted by Gasteiger charge is -2.42. The van der Waals surface area contributed by atoms with Crippen molar-refractivity contribution >= 4 is 69.9 Å². The Hall–Kier alpha value is -7.08. The first-order chi connectivity index (χ1) is 36.8. The van der Waals surface area contributed by atoms with E-state index in [1.807, 2.05) is 0 Å². The number of fused-ring (bicyclic) bond motifs is 2. The Bertz CT molecular complexity index is 2820. The van der Waals surface area contributed by atoms with E-state index in [2.05, 4.69) is 65.3 Å². The van der Waals surface area contributed by atoms with Crippen molar-refractivity contribution in [1.82, 2.24) is 40.8 Å². The molecule has 414 valence electrons. The Morgan fingerprint density at radius 3 is 1.44 bits per heavy atom. The van der Waals surface area contributed by atoms with Crippen molar-refractivity contribution in [1.29, 1.82) is 0 Å². The van der Waals surface area contributed by atoms with Crippen LogP contribution in [0.1, 0.15) is 98.8 Å². The summed E-state index contributed by atoms with van der Waals surface area (Å²) in [6, 6.07) is 10.4. The first-order valence-corrected chi connectivity index (χ1v) is 26.4. The minimum atomic E-state index is -3.55. The zero-order valence-electron chi connectivity index (χ0n) is 44.3. The highest BCUT2D eigenvalue weighted by atomic mass is 19.3. The number of halogens is 4. The quantitative estimate of drug-likeness (QED) is 0.0906. The Balaban J connectivity index is 0.000000188. The molecule has 77 heavy (non-hydrogen) atoms. The summed E-state index contributed by atoms with van der Waals surface area (Å²) in [6.45, 7) is 5.92. The second kappa shape index (κ2) is 22.9. The van der Waals surface area contributed by atoms with E-state index in [0.717, 1.165) is 100 Å². The number of alkyl halides is 4. The summed E-state index contributed by atoms with van der Waals surface area (Å²) < 4.78 is 70.7. The second-order valence-electron chi connectivity index (χ2n) is 20.9. The van der Waals surface area contributed by atoms with Gasteiger partial charge in [0.1, 0.15) is 22.9 Å². The van der Waals surface area contributed by atoms with E-state index in [-0.39, 0.29) is 59.3 Å². The number of likely N-dealkylation sites (tertiary alicyclic amines) is 1. The van der Waals surface area contributed by atoms with Crippen molar-refractivity contribution < 1.29 is 46.2 Å². The Morgan fingerprint density at radius 2 is 1.06 bits per heavy atom. The lowest BCUT2D eigenvalue weighted by atomic mass is 9.94. The number of carbonyl (C=O) groups excluding carboxylic acids is 4. The number of amides is 4. The first kappa shape index (κ1) is 54.7. The number of benzene rings is 2. The smallest absolute Gasteiger partial charge is 0.342 e. The molecule has 4 fully saturated rings. The molecule has 4 amide bonds. The molecule has 20 nitrogen and oxygen atoms in total. The molecule has 0 radical (unpaired) electrons. The standard InChI is InChI=1S/C28H37F2N7O3.C25H31F2N7O3/c1-17(2)36-14-19(15-36)32-25(38)18-10-11-21(23(12-18)40-4)33-27-31-13-22-24(34-27)37(20-8-6-5-7-9-20)16-28(29,30)26(39)35(22)3;1-33-19-13-29-24(31-18-9-8-15(10-20(18)37-2)22(35)30-16-11-28-12-16)32-21(19)34(14-25(26,27)23(33)36)17-6-4-3-5-7-17/h10-13,17,19-20H,5-9,14-16H2,1-4H3,(H,32,38)(H,31,33,34);8-10,13,16-17,28H,3-7,11-12,14H2,1-2H3,(H,30,35)(H,29,31,32).